The van der Waals surface area contributed by atoms with Crippen molar-refractivity contribution in [2.45, 2.75) is 12.8 Å². The van der Waals surface area contributed by atoms with Crippen LogP contribution in [-0.2, 0) is 7.05 Å². The lowest BCUT2D eigenvalue weighted by Gasteiger charge is -2.32. The number of aromatic nitrogens is 2. The highest BCUT2D eigenvalue weighted by Crippen LogP contribution is 2.23. The zero-order chi connectivity index (χ0) is 18.8. The van der Waals surface area contributed by atoms with E-state index < -0.39 is 0 Å². The second-order valence-corrected chi connectivity index (χ2v) is 6.96. The summed E-state index contributed by atoms with van der Waals surface area (Å²) in [5.41, 5.74) is 1.58. The van der Waals surface area contributed by atoms with Gasteiger partial charge in [-0.05, 0) is 43.0 Å². The van der Waals surface area contributed by atoms with Crippen LogP contribution >= 0.6 is 0 Å². The molecule has 1 aromatic heterocycles. The van der Waals surface area contributed by atoms with Crippen molar-refractivity contribution < 1.29 is 9.13 Å². The third-order valence-corrected chi connectivity index (χ3v) is 5.19. The van der Waals surface area contributed by atoms with E-state index in [9.17, 15) is 9.18 Å². The second kappa shape index (κ2) is 7.39. The molecule has 2 heterocycles. The van der Waals surface area contributed by atoms with Crippen LogP contribution < -0.4 is 15.2 Å². The minimum atomic E-state index is -0.334. The summed E-state index contributed by atoms with van der Waals surface area (Å²) in [4.78, 5) is 19.4. The minimum Gasteiger partial charge on any atom is -0.490 e. The fraction of sp³-hybridized carbons (Fsp3) is 0.333. The molecule has 0 bridgehead atoms. The first-order valence-electron chi connectivity index (χ1n) is 9.21. The minimum absolute atomic E-state index is 0.0743. The summed E-state index contributed by atoms with van der Waals surface area (Å²) in [6, 6.07) is 14.1. The summed E-state index contributed by atoms with van der Waals surface area (Å²) in [5, 5.41) is 0. The molecule has 0 radical (unpaired) electrons. The average molecular weight is 367 g/mol. The highest BCUT2D eigenvalue weighted by Gasteiger charge is 2.23. The first kappa shape index (κ1) is 17.5. The molecule has 0 N–H and O–H groups in total. The predicted octanol–water partition coefficient (Wildman–Crippen LogP) is 3.37. The maximum Gasteiger partial charge on any atom is 0.293 e. The third kappa shape index (κ3) is 3.52. The first-order valence-corrected chi connectivity index (χ1v) is 9.21. The number of halogens is 1. The average Bonchev–Trinajstić information content (AvgIpc) is 2.71. The van der Waals surface area contributed by atoms with Crippen molar-refractivity contribution in [2.24, 2.45) is 13.0 Å². The molecule has 4 rings (SSSR count). The van der Waals surface area contributed by atoms with Gasteiger partial charge in [0.2, 0.25) is 0 Å². The summed E-state index contributed by atoms with van der Waals surface area (Å²) in [5.74, 6) is 0.804. The first-order chi connectivity index (χ1) is 13.1. The van der Waals surface area contributed by atoms with Crippen molar-refractivity contribution >= 4 is 16.9 Å². The molecule has 0 unspecified atom stereocenters. The zero-order valence-corrected chi connectivity index (χ0v) is 15.3. The summed E-state index contributed by atoms with van der Waals surface area (Å²) in [7, 11) is 1.78. The lowest BCUT2D eigenvalue weighted by molar-refractivity contribution is 0.215. The smallest absolute Gasteiger partial charge is 0.293 e. The van der Waals surface area contributed by atoms with Crippen LogP contribution in [0.15, 0.2) is 53.3 Å². The molecule has 1 fully saturated rings. The Kier molecular flexibility index (Phi) is 4.79. The van der Waals surface area contributed by atoms with Gasteiger partial charge in [-0.2, -0.15) is 0 Å². The standard InChI is InChI=1S/C21H22FN3O2/c1-24-18-8-4-3-7-17(18)23-20(21(24)26)25-12-10-15(11-13-25)14-27-19-9-5-2-6-16(19)22/h2-9,15H,10-14H2,1H3. The number of anilines is 1. The van der Waals surface area contributed by atoms with Gasteiger partial charge in [0.15, 0.2) is 17.4 Å². The van der Waals surface area contributed by atoms with E-state index in [0.29, 0.717) is 24.1 Å². The number of hydrogen-bond acceptors (Lipinski definition) is 4. The SMILES string of the molecule is Cn1c(=O)c(N2CCC(COc3ccccc3F)CC2)nc2ccccc21. The number of benzene rings is 2. The van der Waals surface area contributed by atoms with Crippen LogP contribution in [0.5, 0.6) is 5.75 Å². The number of ether oxygens (including phenoxy) is 1. The lowest BCUT2D eigenvalue weighted by Crippen LogP contribution is -2.40. The van der Waals surface area contributed by atoms with Gasteiger partial charge in [0.25, 0.3) is 5.56 Å². The Morgan fingerprint density at radius 1 is 1.11 bits per heavy atom. The van der Waals surface area contributed by atoms with E-state index in [2.05, 4.69) is 4.98 Å². The Morgan fingerprint density at radius 2 is 1.81 bits per heavy atom. The summed E-state index contributed by atoms with van der Waals surface area (Å²) < 4.78 is 21.0. The Balaban J connectivity index is 1.44. The van der Waals surface area contributed by atoms with Gasteiger partial charge < -0.3 is 14.2 Å². The molecule has 6 heteroatoms. The van der Waals surface area contributed by atoms with Gasteiger partial charge in [-0.1, -0.05) is 24.3 Å². The van der Waals surface area contributed by atoms with Crippen LogP contribution in [0.1, 0.15) is 12.8 Å². The van der Waals surface area contributed by atoms with Gasteiger partial charge in [-0.15, -0.1) is 0 Å². The van der Waals surface area contributed by atoms with Crippen LogP contribution in [0, 0.1) is 11.7 Å². The number of fused-ring (bicyclic) bond motifs is 1. The summed E-state index contributed by atoms with van der Waals surface area (Å²) in [6.07, 6.45) is 1.76. The zero-order valence-electron chi connectivity index (χ0n) is 15.3. The third-order valence-electron chi connectivity index (χ3n) is 5.19. The molecule has 1 aliphatic heterocycles. The summed E-state index contributed by atoms with van der Waals surface area (Å²) >= 11 is 0. The van der Waals surface area contributed by atoms with E-state index in [4.69, 9.17) is 4.74 Å². The molecule has 0 atom stereocenters. The van der Waals surface area contributed by atoms with Crippen LogP contribution in [-0.4, -0.2) is 29.2 Å². The van der Waals surface area contributed by atoms with E-state index in [0.717, 1.165) is 37.0 Å². The maximum atomic E-state index is 13.7. The van der Waals surface area contributed by atoms with Gasteiger partial charge in [-0.3, -0.25) is 4.79 Å². The fourth-order valence-electron chi connectivity index (χ4n) is 3.55. The molecular weight excluding hydrogens is 345 g/mol. The number of hydrogen-bond donors (Lipinski definition) is 0. The van der Waals surface area contributed by atoms with Crippen LogP contribution in [0.3, 0.4) is 0 Å². The molecule has 5 nitrogen and oxygen atoms in total. The molecule has 0 amide bonds. The van der Waals surface area contributed by atoms with E-state index in [-0.39, 0.29) is 11.4 Å². The molecule has 0 spiro atoms. The van der Waals surface area contributed by atoms with Crippen molar-refractivity contribution in [2.75, 3.05) is 24.6 Å². The molecule has 2 aromatic carbocycles. The Labute approximate surface area is 157 Å². The molecule has 140 valence electrons. The monoisotopic (exact) mass is 367 g/mol. The van der Waals surface area contributed by atoms with E-state index >= 15 is 0 Å². The Bertz CT molecular complexity index is 1010. The van der Waals surface area contributed by atoms with Crippen LogP contribution in [0.2, 0.25) is 0 Å². The highest BCUT2D eigenvalue weighted by molar-refractivity contribution is 5.76. The largest absolute Gasteiger partial charge is 0.490 e. The van der Waals surface area contributed by atoms with E-state index in [1.165, 1.54) is 6.07 Å². The number of rotatable bonds is 4. The molecule has 0 aliphatic carbocycles. The lowest BCUT2D eigenvalue weighted by atomic mass is 9.98. The van der Waals surface area contributed by atoms with Crippen molar-refractivity contribution in [1.29, 1.82) is 0 Å². The van der Waals surface area contributed by atoms with Gasteiger partial charge in [0.1, 0.15) is 0 Å². The van der Waals surface area contributed by atoms with Gasteiger partial charge in [-0.25, -0.2) is 9.37 Å². The predicted molar refractivity (Wildman–Crippen MR) is 104 cm³/mol. The highest BCUT2D eigenvalue weighted by atomic mass is 19.1. The van der Waals surface area contributed by atoms with E-state index in [1.54, 1.807) is 29.8 Å². The number of piperidine rings is 1. The van der Waals surface area contributed by atoms with Crippen molar-refractivity contribution in [1.82, 2.24) is 9.55 Å². The molecule has 1 aliphatic rings. The topological polar surface area (TPSA) is 47.4 Å². The summed E-state index contributed by atoms with van der Waals surface area (Å²) in [6.45, 7) is 1.97. The van der Waals surface area contributed by atoms with Crippen molar-refractivity contribution in [3.63, 3.8) is 0 Å². The van der Waals surface area contributed by atoms with Gasteiger partial charge in [0, 0.05) is 20.1 Å². The molecular formula is C21H22FN3O2. The Morgan fingerprint density at radius 3 is 2.59 bits per heavy atom. The van der Waals surface area contributed by atoms with Crippen molar-refractivity contribution in [3.8, 4) is 5.75 Å². The second-order valence-electron chi connectivity index (χ2n) is 6.96. The number of para-hydroxylation sites is 3. The quantitative estimate of drug-likeness (QED) is 0.709. The molecule has 0 saturated carbocycles. The van der Waals surface area contributed by atoms with Gasteiger partial charge in [0.05, 0.1) is 17.6 Å². The molecule has 3 aromatic rings. The molecule has 27 heavy (non-hydrogen) atoms. The maximum absolute atomic E-state index is 13.7. The van der Waals surface area contributed by atoms with Crippen molar-refractivity contribution in [3.05, 3.63) is 64.7 Å². The molecule has 1 saturated heterocycles. The van der Waals surface area contributed by atoms with E-state index in [1.807, 2.05) is 29.2 Å². The van der Waals surface area contributed by atoms with Gasteiger partial charge >= 0.3 is 0 Å². The van der Waals surface area contributed by atoms with Crippen LogP contribution in [0.25, 0.3) is 11.0 Å². The fourth-order valence-corrected chi connectivity index (χ4v) is 3.55. The Hall–Kier alpha value is -2.89. The normalized spacial score (nSPS) is 15.3. The number of nitrogens with zero attached hydrogens (tertiary/aromatic N) is 3. The van der Waals surface area contributed by atoms with Crippen LogP contribution in [0.4, 0.5) is 10.2 Å². The number of aryl methyl sites for hydroxylation is 1.